The van der Waals surface area contributed by atoms with E-state index in [-0.39, 0.29) is 5.84 Å². The first-order chi connectivity index (χ1) is 9.01. The minimum atomic E-state index is 0.0498. The maximum Gasteiger partial charge on any atom is 0.180 e. The average Bonchev–Trinajstić information content (AvgIpc) is 2.73. The molecule has 0 bridgehead atoms. The van der Waals surface area contributed by atoms with Gasteiger partial charge in [0.2, 0.25) is 0 Å². The van der Waals surface area contributed by atoms with Gasteiger partial charge in [0.25, 0.3) is 0 Å². The quantitative estimate of drug-likeness (QED) is 0.389. The molecule has 2 heterocycles. The molecule has 2 rings (SSSR count). The van der Waals surface area contributed by atoms with Gasteiger partial charge in [-0.3, -0.25) is 0 Å². The van der Waals surface area contributed by atoms with Gasteiger partial charge in [0.05, 0.1) is 5.56 Å². The fraction of sp³-hybridized carbons (Fsp3) is 0.273. The molecule has 0 radical (unpaired) electrons. The molecule has 100 valence electrons. The lowest BCUT2D eigenvalue weighted by Gasteiger charge is -2.10. The van der Waals surface area contributed by atoms with Gasteiger partial charge in [-0.15, -0.1) is 10.2 Å². The maximum absolute atomic E-state index is 8.88. The van der Waals surface area contributed by atoms with Crippen LogP contribution >= 0.6 is 23.1 Å². The fourth-order valence-corrected chi connectivity index (χ4v) is 3.63. The van der Waals surface area contributed by atoms with Crippen LogP contribution in [0.5, 0.6) is 0 Å². The van der Waals surface area contributed by atoms with E-state index in [0.29, 0.717) is 10.6 Å². The van der Waals surface area contributed by atoms with Gasteiger partial charge >= 0.3 is 0 Å². The van der Waals surface area contributed by atoms with Crippen molar-refractivity contribution in [2.24, 2.45) is 10.9 Å². The van der Waals surface area contributed by atoms with Crippen LogP contribution in [0.4, 0.5) is 0 Å². The van der Waals surface area contributed by atoms with Crippen molar-refractivity contribution in [3.8, 4) is 0 Å². The summed E-state index contributed by atoms with van der Waals surface area (Å²) < 4.78 is 0.780. The van der Waals surface area contributed by atoms with Crippen molar-refractivity contribution in [1.82, 2.24) is 15.2 Å². The Labute approximate surface area is 118 Å². The van der Waals surface area contributed by atoms with Gasteiger partial charge in [-0.25, -0.2) is 4.98 Å². The first kappa shape index (κ1) is 13.8. The highest BCUT2D eigenvalue weighted by Gasteiger charge is 2.16. The van der Waals surface area contributed by atoms with Crippen LogP contribution in [0.1, 0.15) is 21.8 Å². The number of nitrogens with two attached hydrogens (primary N) is 1. The van der Waals surface area contributed by atoms with Gasteiger partial charge < -0.3 is 10.9 Å². The second-order valence-corrected chi connectivity index (χ2v) is 6.35. The lowest BCUT2D eigenvalue weighted by molar-refractivity contribution is 0.318. The molecule has 2 aromatic rings. The Morgan fingerprint density at radius 3 is 2.68 bits per heavy atom. The molecule has 0 aliphatic carbocycles. The number of pyridine rings is 1. The number of oxime groups is 1. The number of amidine groups is 1. The Balaban J connectivity index is 2.48. The first-order valence-corrected chi connectivity index (χ1v) is 7.08. The third-order valence-corrected chi connectivity index (χ3v) is 4.25. The molecule has 0 atom stereocenters. The fourth-order valence-electron chi connectivity index (χ4n) is 1.64. The Morgan fingerprint density at radius 2 is 2.11 bits per heavy atom. The van der Waals surface area contributed by atoms with Crippen LogP contribution in [0, 0.1) is 20.8 Å². The van der Waals surface area contributed by atoms with E-state index in [1.165, 1.54) is 23.1 Å². The second-order valence-electron chi connectivity index (χ2n) is 3.93. The molecule has 6 nitrogen and oxygen atoms in total. The second kappa shape index (κ2) is 5.54. The van der Waals surface area contributed by atoms with E-state index < -0.39 is 0 Å². The molecule has 0 aliphatic heterocycles. The monoisotopic (exact) mass is 295 g/mol. The molecule has 19 heavy (non-hydrogen) atoms. The number of aromatic nitrogens is 3. The number of nitrogens with zero attached hydrogens (tertiary/aromatic N) is 4. The standard InChI is InChI=1S/C11H13N5OS2/c1-5-4-6(2)13-10(8(5)9(12)16-17)19-11-15-14-7(3)18-11/h4,17H,1-3H3,(H2,12,16). The van der Waals surface area contributed by atoms with Crippen molar-refractivity contribution in [3.05, 3.63) is 27.9 Å². The predicted octanol–water partition coefficient (Wildman–Crippen LogP) is 2.10. The van der Waals surface area contributed by atoms with E-state index in [1.807, 2.05) is 26.8 Å². The lowest BCUT2D eigenvalue weighted by atomic mass is 10.1. The number of aryl methyl sites for hydroxylation is 3. The largest absolute Gasteiger partial charge is 0.409 e. The van der Waals surface area contributed by atoms with Crippen molar-refractivity contribution >= 4 is 28.9 Å². The summed E-state index contributed by atoms with van der Waals surface area (Å²) in [5.41, 5.74) is 8.13. The number of hydrogen-bond acceptors (Lipinski definition) is 7. The molecule has 3 N–H and O–H groups in total. The topological polar surface area (TPSA) is 97.3 Å². The van der Waals surface area contributed by atoms with E-state index in [1.54, 1.807) is 0 Å². The van der Waals surface area contributed by atoms with Crippen LogP contribution in [0.25, 0.3) is 0 Å². The van der Waals surface area contributed by atoms with Gasteiger partial charge in [-0.1, -0.05) is 16.5 Å². The Morgan fingerprint density at radius 1 is 1.37 bits per heavy atom. The van der Waals surface area contributed by atoms with Gasteiger partial charge in [-0.05, 0) is 44.2 Å². The molecule has 0 spiro atoms. The molecule has 0 amide bonds. The van der Waals surface area contributed by atoms with Crippen molar-refractivity contribution < 1.29 is 5.21 Å². The minimum absolute atomic E-state index is 0.0498. The van der Waals surface area contributed by atoms with E-state index in [9.17, 15) is 0 Å². The Bertz CT molecular complexity index is 638. The average molecular weight is 295 g/mol. The molecule has 0 saturated heterocycles. The van der Waals surface area contributed by atoms with E-state index in [4.69, 9.17) is 10.9 Å². The van der Waals surface area contributed by atoms with Crippen molar-refractivity contribution in [3.63, 3.8) is 0 Å². The highest BCUT2D eigenvalue weighted by molar-refractivity contribution is 8.01. The summed E-state index contributed by atoms with van der Waals surface area (Å²) in [6.07, 6.45) is 0. The zero-order chi connectivity index (χ0) is 14.0. The van der Waals surface area contributed by atoms with Crippen molar-refractivity contribution in [2.75, 3.05) is 0 Å². The molecule has 2 aromatic heterocycles. The third kappa shape index (κ3) is 3.02. The normalized spacial score (nSPS) is 11.8. The van der Waals surface area contributed by atoms with Crippen LogP contribution in [-0.2, 0) is 0 Å². The number of rotatable bonds is 3. The summed E-state index contributed by atoms with van der Waals surface area (Å²) in [5.74, 6) is 0.0498. The molecule has 0 aromatic carbocycles. The van der Waals surface area contributed by atoms with Gasteiger partial charge in [0, 0.05) is 5.69 Å². The zero-order valence-electron chi connectivity index (χ0n) is 10.7. The summed E-state index contributed by atoms with van der Waals surface area (Å²) in [7, 11) is 0. The van der Waals surface area contributed by atoms with E-state index >= 15 is 0 Å². The summed E-state index contributed by atoms with van der Waals surface area (Å²) in [6.45, 7) is 5.69. The summed E-state index contributed by atoms with van der Waals surface area (Å²) in [4.78, 5) is 4.44. The van der Waals surface area contributed by atoms with Crippen LogP contribution in [0.15, 0.2) is 20.6 Å². The predicted molar refractivity (Wildman–Crippen MR) is 75.0 cm³/mol. The molecule has 0 aliphatic rings. The minimum Gasteiger partial charge on any atom is -0.409 e. The molecule has 0 fully saturated rings. The number of hydrogen-bond donors (Lipinski definition) is 2. The molecular formula is C11H13N5OS2. The lowest BCUT2D eigenvalue weighted by Crippen LogP contribution is -2.17. The van der Waals surface area contributed by atoms with Gasteiger partial charge in [0.1, 0.15) is 10.0 Å². The molecular weight excluding hydrogens is 282 g/mol. The van der Waals surface area contributed by atoms with Gasteiger partial charge in [-0.2, -0.15) is 0 Å². The van der Waals surface area contributed by atoms with Crippen LogP contribution in [0.3, 0.4) is 0 Å². The van der Waals surface area contributed by atoms with Crippen molar-refractivity contribution in [1.29, 1.82) is 0 Å². The van der Waals surface area contributed by atoms with Crippen molar-refractivity contribution in [2.45, 2.75) is 30.1 Å². The van der Waals surface area contributed by atoms with Gasteiger partial charge in [0.15, 0.2) is 10.2 Å². The molecule has 0 unspecified atom stereocenters. The SMILES string of the molecule is Cc1cc(C)c(C(N)=NO)c(Sc2nnc(C)s2)n1. The molecule has 0 saturated carbocycles. The highest BCUT2D eigenvalue weighted by atomic mass is 32.2. The van der Waals surface area contributed by atoms with Crippen LogP contribution in [-0.4, -0.2) is 26.2 Å². The maximum atomic E-state index is 8.88. The van der Waals surface area contributed by atoms with Crippen LogP contribution in [0.2, 0.25) is 0 Å². The summed E-state index contributed by atoms with van der Waals surface area (Å²) in [5, 5.41) is 21.5. The summed E-state index contributed by atoms with van der Waals surface area (Å²) in [6, 6.07) is 1.89. The zero-order valence-corrected chi connectivity index (χ0v) is 12.3. The Kier molecular flexibility index (Phi) is 4.01. The Hall–Kier alpha value is -1.67. The highest BCUT2D eigenvalue weighted by Crippen LogP contribution is 2.32. The molecule has 8 heteroatoms. The van der Waals surface area contributed by atoms with E-state index in [2.05, 4.69) is 20.3 Å². The smallest absolute Gasteiger partial charge is 0.180 e. The van der Waals surface area contributed by atoms with E-state index in [0.717, 1.165) is 20.6 Å². The van der Waals surface area contributed by atoms with Crippen LogP contribution < -0.4 is 5.73 Å². The third-order valence-electron chi connectivity index (χ3n) is 2.37. The first-order valence-electron chi connectivity index (χ1n) is 5.45. The summed E-state index contributed by atoms with van der Waals surface area (Å²) >= 11 is 2.85.